The molecular formula is C18H27Cl2N5O2S. The van der Waals surface area contributed by atoms with Crippen molar-refractivity contribution in [2.45, 2.75) is 32.1 Å². The number of nitrogen functional groups attached to an aromatic ring is 1. The molecule has 156 valence electrons. The molecule has 1 aromatic heterocycles. The van der Waals surface area contributed by atoms with E-state index in [0.29, 0.717) is 29.6 Å². The molecule has 1 amide bonds. The number of benzene rings is 1. The molecule has 0 saturated heterocycles. The van der Waals surface area contributed by atoms with Gasteiger partial charge in [-0.3, -0.25) is 9.79 Å². The standard InChI is InChI=1S/C18H25N5O2S.2ClH/c19-16-15-13(25-9-11-3-1-2-4-11)7-12(5-6-22-10-23-21)8-14(15)26-17(16)18(20)24;;/h7-8,10-11H,1-6,9,19,21H2,(H2,20,24)(H,22,23);2*1H. The van der Waals surface area contributed by atoms with Crippen molar-refractivity contribution in [1.82, 2.24) is 5.43 Å². The van der Waals surface area contributed by atoms with Gasteiger partial charge in [-0.05, 0) is 42.9 Å². The average molecular weight is 448 g/mol. The summed E-state index contributed by atoms with van der Waals surface area (Å²) < 4.78 is 7.06. The molecule has 1 aromatic carbocycles. The number of halogens is 2. The number of ether oxygens (including phenoxy) is 1. The molecule has 2 aromatic rings. The van der Waals surface area contributed by atoms with Gasteiger partial charge >= 0.3 is 0 Å². The quantitative estimate of drug-likeness (QED) is 0.214. The van der Waals surface area contributed by atoms with Crippen molar-refractivity contribution in [2.75, 3.05) is 18.9 Å². The van der Waals surface area contributed by atoms with Crippen molar-refractivity contribution in [3.8, 4) is 5.75 Å². The minimum atomic E-state index is -0.509. The number of hydrogen-bond donors (Lipinski definition) is 4. The highest BCUT2D eigenvalue weighted by Crippen LogP contribution is 2.41. The molecule has 1 fully saturated rings. The second-order valence-corrected chi connectivity index (χ2v) is 7.64. The van der Waals surface area contributed by atoms with E-state index in [1.54, 1.807) is 0 Å². The highest BCUT2D eigenvalue weighted by atomic mass is 35.5. The number of primary amides is 1. The maximum Gasteiger partial charge on any atom is 0.260 e. The molecule has 1 heterocycles. The van der Waals surface area contributed by atoms with Crippen LogP contribution in [0, 0.1) is 5.92 Å². The van der Waals surface area contributed by atoms with Crippen molar-refractivity contribution in [2.24, 2.45) is 22.5 Å². The van der Waals surface area contributed by atoms with Crippen molar-refractivity contribution in [3.05, 3.63) is 22.6 Å². The van der Waals surface area contributed by atoms with Crippen LogP contribution in [0.1, 0.15) is 40.9 Å². The van der Waals surface area contributed by atoms with Gasteiger partial charge in [0.25, 0.3) is 5.91 Å². The van der Waals surface area contributed by atoms with Gasteiger partial charge in [-0.15, -0.1) is 36.2 Å². The van der Waals surface area contributed by atoms with Crippen LogP contribution in [0.25, 0.3) is 10.1 Å². The Hall–Kier alpha value is -1.74. The largest absolute Gasteiger partial charge is 0.493 e. The lowest BCUT2D eigenvalue weighted by Gasteiger charge is -2.14. The Kier molecular flexibility index (Phi) is 9.81. The van der Waals surface area contributed by atoms with Crippen LogP contribution in [0.5, 0.6) is 5.75 Å². The molecule has 1 aliphatic carbocycles. The third kappa shape index (κ3) is 5.64. The second kappa shape index (κ2) is 11.3. The van der Waals surface area contributed by atoms with E-state index in [2.05, 4.69) is 10.4 Å². The normalized spacial score (nSPS) is 14.0. The Morgan fingerprint density at radius 1 is 1.32 bits per heavy atom. The zero-order valence-electron chi connectivity index (χ0n) is 15.5. The number of hydrazine groups is 1. The summed E-state index contributed by atoms with van der Waals surface area (Å²) in [6, 6.07) is 4.02. The number of carbonyl (C=O) groups excluding carboxylic acids is 1. The highest BCUT2D eigenvalue weighted by molar-refractivity contribution is 7.21. The maximum atomic E-state index is 11.7. The molecule has 0 atom stereocenters. The molecule has 0 radical (unpaired) electrons. The lowest BCUT2D eigenvalue weighted by molar-refractivity contribution is 0.100. The number of nitrogens with zero attached hydrogens (tertiary/aromatic N) is 1. The van der Waals surface area contributed by atoms with Gasteiger partial charge in [0, 0.05) is 11.2 Å². The average Bonchev–Trinajstić information content (AvgIpc) is 3.25. The number of anilines is 1. The monoisotopic (exact) mass is 447 g/mol. The highest BCUT2D eigenvalue weighted by Gasteiger charge is 2.20. The molecule has 0 bridgehead atoms. The third-order valence-corrected chi connectivity index (χ3v) is 5.89. The van der Waals surface area contributed by atoms with Gasteiger partial charge in [0.05, 0.1) is 24.0 Å². The van der Waals surface area contributed by atoms with Crippen LogP contribution in [0.4, 0.5) is 5.69 Å². The van der Waals surface area contributed by atoms with Crippen molar-refractivity contribution < 1.29 is 9.53 Å². The fraction of sp³-hybridized carbons (Fsp3) is 0.444. The molecule has 10 heteroatoms. The number of thiophene rings is 1. The van der Waals surface area contributed by atoms with E-state index in [0.717, 1.165) is 27.8 Å². The summed E-state index contributed by atoms with van der Waals surface area (Å²) in [7, 11) is 0. The minimum Gasteiger partial charge on any atom is -0.493 e. The zero-order valence-corrected chi connectivity index (χ0v) is 17.9. The van der Waals surface area contributed by atoms with E-state index in [1.807, 2.05) is 12.1 Å². The number of carbonyl (C=O) groups is 1. The number of amides is 1. The van der Waals surface area contributed by atoms with Gasteiger partial charge in [-0.1, -0.05) is 12.8 Å². The van der Waals surface area contributed by atoms with Gasteiger partial charge in [-0.2, -0.15) is 0 Å². The fourth-order valence-corrected chi connectivity index (χ4v) is 4.46. The predicted molar refractivity (Wildman–Crippen MR) is 121 cm³/mol. The van der Waals surface area contributed by atoms with Crippen molar-refractivity contribution in [1.29, 1.82) is 0 Å². The number of hydrogen-bond acceptors (Lipinski definition) is 6. The summed E-state index contributed by atoms with van der Waals surface area (Å²) in [5, 5.41) is 0.790. The first kappa shape index (κ1) is 24.3. The van der Waals surface area contributed by atoms with Crippen LogP contribution in [-0.2, 0) is 6.42 Å². The van der Waals surface area contributed by atoms with Crippen molar-refractivity contribution in [3.63, 3.8) is 0 Å². The van der Waals surface area contributed by atoms with Crippen LogP contribution in [0.15, 0.2) is 17.1 Å². The van der Waals surface area contributed by atoms with Gasteiger partial charge in [0.1, 0.15) is 10.6 Å². The zero-order chi connectivity index (χ0) is 18.5. The number of fused-ring (bicyclic) bond motifs is 1. The predicted octanol–water partition coefficient (Wildman–Crippen LogP) is 3.03. The number of nitrogens with one attached hydrogen (secondary N) is 1. The molecule has 0 aliphatic heterocycles. The Morgan fingerprint density at radius 3 is 2.68 bits per heavy atom. The summed E-state index contributed by atoms with van der Waals surface area (Å²) >= 11 is 1.31. The lowest BCUT2D eigenvalue weighted by Crippen LogP contribution is -2.19. The minimum absolute atomic E-state index is 0. The molecule has 7 N–H and O–H groups in total. The first-order chi connectivity index (χ1) is 12.6. The lowest BCUT2D eigenvalue weighted by atomic mass is 10.1. The summed E-state index contributed by atoms with van der Waals surface area (Å²) in [5.74, 6) is 5.99. The van der Waals surface area contributed by atoms with E-state index in [4.69, 9.17) is 22.0 Å². The second-order valence-electron chi connectivity index (χ2n) is 6.59. The summed E-state index contributed by atoms with van der Waals surface area (Å²) in [4.78, 5) is 16.2. The van der Waals surface area contributed by atoms with Gasteiger partial charge in [0.15, 0.2) is 0 Å². The third-order valence-electron chi connectivity index (χ3n) is 4.72. The Bertz CT molecular complexity index is 822. The van der Waals surface area contributed by atoms with Crippen LogP contribution >= 0.6 is 36.2 Å². The molecule has 7 nitrogen and oxygen atoms in total. The molecule has 3 rings (SSSR count). The topological polar surface area (TPSA) is 129 Å². The van der Waals surface area contributed by atoms with E-state index in [-0.39, 0.29) is 24.8 Å². The van der Waals surface area contributed by atoms with E-state index < -0.39 is 5.91 Å². The first-order valence-electron chi connectivity index (χ1n) is 8.82. The maximum absolute atomic E-state index is 11.7. The Labute approximate surface area is 180 Å². The molecule has 28 heavy (non-hydrogen) atoms. The summed E-state index contributed by atoms with van der Waals surface area (Å²) in [5.41, 5.74) is 15.5. The van der Waals surface area contributed by atoms with Crippen LogP contribution in [0.3, 0.4) is 0 Å². The van der Waals surface area contributed by atoms with E-state index in [9.17, 15) is 4.79 Å². The van der Waals surface area contributed by atoms with Gasteiger partial charge in [-0.25, -0.2) is 5.84 Å². The number of aliphatic imine (C=N–C) groups is 1. The van der Waals surface area contributed by atoms with E-state index >= 15 is 0 Å². The van der Waals surface area contributed by atoms with Crippen LogP contribution in [0.2, 0.25) is 0 Å². The van der Waals surface area contributed by atoms with Crippen LogP contribution in [-0.4, -0.2) is 25.4 Å². The molecule has 0 unspecified atom stereocenters. The van der Waals surface area contributed by atoms with Crippen LogP contribution < -0.4 is 27.5 Å². The summed E-state index contributed by atoms with van der Waals surface area (Å²) in [6.45, 7) is 1.27. The first-order valence-corrected chi connectivity index (χ1v) is 9.63. The number of nitrogens with two attached hydrogens (primary N) is 3. The van der Waals surface area contributed by atoms with E-state index in [1.165, 1.54) is 43.4 Å². The van der Waals surface area contributed by atoms with Crippen molar-refractivity contribution >= 4 is 64.2 Å². The Morgan fingerprint density at radius 2 is 2.04 bits per heavy atom. The molecule has 1 aliphatic rings. The summed E-state index contributed by atoms with van der Waals surface area (Å²) in [6.07, 6.45) is 7.14. The van der Waals surface area contributed by atoms with Gasteiger partial charge in [0.2, 0.25) is 0 Å². The fourth-order valence-electron chi connectivity index (χ4n) is 3.41. The molecule has 0 spiro atoms. The van der Waals surface area contributed by atoms with Gasteiger partial charge < -0.3 is 21.6 Å². The SMILES string of the molecule is Cl.Cl.NNC=NCCc1cc(OCC2CCCC2)c2c(N)c(C(N)=O)sc2c1. The smallest absolute Gasteiger partial charge is 0.260 e. The Balaban J connectivity index is 0.00000196. The number of rotatable bonds is 8. The molecular weight excluding hydrogens is 421 g/mol. The molecule has 1 saturated carbocycles.